The number of aryl methyl sites for hydroxylation is 2. The van der Waals surface area contributed by atoms with E-state index in [4.69, 9.17) is 0 Å². The van der Waals surface area contributed by atoms with Gasteiger partial charge in [-0.1, -0.05) is 30.3 Å². The average molecular weight is 338 g/mol. The number of carbonyl (C=O) groups is 1. The van der Waals surface area contributed by atoms with E-state index in [0.29, 0.717) is 0 Å². The zero-order valence-corrected chi connectivity index (χ0v) is 14.4. The van der Waals surface area contributed by atoms with Gasteiger partial charge in [-0.2, -0.15) is 4.98 Å². The number of Topliss-reactive ketones (excluding diaryl/α,β-unsaturated/α-hetero) is 1. The van der Waals surface area contributed by atoms with Crippen LogP contribution in [0.5, 0.6) is 0 Å². The molecule has 3 aromatic rings. The lowest BCUT2D eigenvalue weighted by atomic mass is 9.95. The maximum Gasteiger partial charge on any atom is 0.349 e. The Hall–Kier alpha value is -2.27. The second kappa shape index (κ2) is 5.98. The van der Waals surface area contributed by atoms with Gasteiger partial charge in [-0.05, 0) is 38.2 Å². The van der Waals surface area contributed by atoms with E-state index in [2.05, 4.69) is 4.98 Å². The van der Waals surface area contributed by atoms with E-state index in [-0.39, 0.29) is 18.0 Å². The molecule has 0 N–H and O–H groups in total. The highest BCUT2D eigenvalue weighted by molar-refractivity contribution is 7.19. The number of benzene rings is 1. The van der Waals surface area contributed by atoms with Crippen LogP contribution < -0.4 is 5.69 Å². The zero-order chi connectivity index (χ0) is 16.7. The van der Waals surface area contributed by atoms with Crippen molar-refractivity contribution in [2.24, 2.45) is 0 Å². The van der Waals surface area contributed by atoms with Crippen LogP contribution in [0.1, 0.15) is 30.2 Å². The summed E-state index contributed by atoms with van der Waals surface area (Å²) in [6.07, 6.45) is 4.43. The molecule has 0 spiro atoms. The first-order chi connectivity index (χ1) is 11.6. The minimum absolute atomic E-state index is 0.0287. The van der Waals surface area contributed by atoms with Crippen LogP contribution in [0.3, 0.4) is 0 Å². The van der Waals surface area contributed by atoms with Gasteiger partial charge in [-0.25, -0.2) is 4.79 Å². The van der Waals surface area contributed by atoms with Gasteiger partial charge in [0, 0.05) is 15.8 Å². The Labute approximate surface area is 143 Å². The summed E-state index contributed by atoms with van der Waals surface area (Å²) in [7, 11) is 0. The largest absolute Gasteiger partial charge is 0.349 e. The van der Waals surface area contributed by atoms with Crippen LogP contribution in [-0.4, -0.2) is 15.3 Å². The molecule has 0 fully saturated rings. The summed E-state index contributed by atoms with van der Waals surface area (Å²) in [5.74, 6) is -0.0287. The number of hydrogen-bond acceptors (Lipinski definition) is 4. The predicted octanol–water partition coefficient (Wildman–Crippen LogP) is 3.59. The number of hydrogen-bond donors (Lipinski definition) is 0. The molecule has 4 rings (SSSR count). The smallest absolute Gasteiger partial charge is 0.298 e. The fourth-order valence-electron chi connectivity index (χ4n) is 3.45. The standard InChI is InChI=1S/C19H18N2O2S/c1-12(22)11-21-18-16(14-9-5-6-10-15(14)24-18)17(20-19(21)23)13-7-3-2-4-8-13/h2-4,7-8H,5-6,9-11H2,1H3. The minimum atomic E-state index is -0.338. The van der Waals surface area contributed by atoms with E-state index in [0.717, 1.165) is 34.3 Å². The Balaban J connectivity index is 2.08. The Morgan fingerprint density at radius 2 is 1.96 bits per heavy atom. The molecule has 0 radical (unpaired) electrons. The number of thiophene rings is 1. The maximum atomic E-state index is 12.6. The highest BCUT2D eigenvalue weighted by Crippen LogP contribution is 2.39. The molecule has 0 atom stereocenters. The Morgan fingerprint density at radius 3 is 2.71 bits per heavy atom. The van der Waals surface area contributed by atoms with Gasteiger partial charge < -0.3 is 0 Å². The molecule has 0 unspecified atom stereocenters. The number of ketones is 1. The van der Waals surface area contributed by atoms with Crippen molar-refractivity contribution in [3.05, 3.63) is 51.3 Å². The summed E-state index contributed by atoms with van der Waals surface area (Å²) in [4.78, 5) is 30.8. The summed E-state index contributed by atoms with van der Waals surface area (Å²) >= 11 is 1.66. The van der Waals surface area contributed by atoms with E-state index >= 15 is 0 Å². The zero-order valence-electron chi connectivity index (χ0n) is 13.5. The van der Waals surface area contributed by atoms with Crippen molar-refractivity contribution in [3.8, 4) is 11.3 Å². The monoisotopic (exact) mass is 338 g/mol. The van der Waals surface area contributed by atoms with Gasteiger partial charge in [0.15, 0.2) is 0 Å². The Bertz CT molecular complexity index is 986. The van der Waals surface area contributed by atoms with Gasteiger partial charge in [0.25, 0.3) is 0 Å². The average Bonchev–Trinajstić information content (AvgIpc) is 2.97. The first kappa shape index (κ1) is 15.3. The lowest BCUT2D eigenvalue weighted by Crippen LogP contribution is -2.26. The van der Waals surface area contributed by atoms with Crippen molar-refractivity contribution in [2.45, 2.75) is 39.2 Å². The molecule has 0 bridgehead atoms. The number of fused-ring (bicyclic) bond motifs is 3. The summed E-state index contributed by atoms with van der Waals surface area (Å²) < 4.78 is 1.55. The molecule has 2 aromatic heterocycles. The third-order valence-electron chi connectivity index (χ3n) is 4.50. The Morgan fingerprint density at radius 1 is 1.21 bits per heavy atom. The van der Waals surface area contributed by atoms with Crippen LogP contribution in [0, 0.1) is 0 Å². The normalized spacial score (nSPS) is 13.9. The molecule has 1 aliphatic rings. The van der Waals surface area contributed by atoms with Gasteiger partial charge >= 0.3 is 5.69 Å². The molecular formula is C19H18N2O2S. The maximum absolute atomic E-state index is 12.6. The van der Waals surface area contributed by atoms with Crippen LogP contribution in [0.25, 0.3) is 21.5 Å². The third-order valence-corrected chi connectivity index (χ3v) is 5.82. The van der Waals surface area contributed by atoms with E-state index < -0.39 is 0 Å². The summed E-state index contributed by atoms with van der Waals surface area (Å²) in [6, 6.07) is 9.86. The van der Waals surface area contributed by atoms with Gasteiger partial charge in [0.05, 0.1) is 12.2 Å². The van der Waals surface area contributed by atoms with Gasteiger partial charge in [0.1, 0.15) is 10.6 Å². The van der Waals surface area contributed by atoms with Crippen LogP contribution in [0.4, 0.5) is 0 Å². The van der Waals surface area contributed by atoms with Crippen molar-refractivity contribution in [1.82, 2.24) is 9.55 Å². The lowest BCUT2D eigenvalue weighted by Gasteiger charge is -2.12. The molecule has 4 nitrogen and oxygen atoms in total. The third kappa shape index (κ3) is 2.49. The van der Waals surface area contributed by atoms with Gasteiger partial charge in [-0.3, -0.25) is 9.36 Å². The summed E-state index contributed by atoms with van der Waals surface area (Å²) in [5.41, 5.74) is 2.70. The molecule has 122 valence electrons. The first-order valence-electron chi connectivity index (χ1n) is 8.25. The van der Waals surface area contributed by atoms with Crippen molar-refractivity contribution < 1.29 is 4.79 Å². The van der Waals surface area contributed by atoms with Crippen LogP contribution in [0.15, 0.2) is 35.1 Å². The van der Waals surface area contributed by atoms with E-state index in [9.17, 15) is 9.59 Å². The highest BCUT2D eigenvalue weighted by atomic mass is 32.1. The minimum Gasteiger partial charge on any atom is -0.298 e. The topological polar surface area (TPSA) is 52.0 Å². The van der Waals surface area contributed by atoms with Crippen LogP contribution in [-0.2, 0) is 24.2 Å². The second-order valence-corrected chi connectivity index (χ2v) is 7.37. The highest BCUT2D eigenvalue weighted by Gasteiger charge is 2.23. The van der Waals surface area contributed by atoms with Crippen molar-refractivity contribution >= 4 is 27.3 Å². The quantitative estimate of drug-likeness (QED) is 0.733. The summed E-state index contributed by atoms with van der Waals surface area (Å²) in [5, 5.41) is 1.07. The van der Waals surface area contributed by atoms with Crippen molar-refractivity contribution in [1.29, 1.82) is 0 Å². The molecular weight excluding hydrogens is 320 g/mol. The number of carbonyl (C=O) groups excluding carboxylic acids is 1. The van der Waals surface area contributed by atoms with E-state index in [1.807, 2.05) is 30.3 Å². The number of nitrogens with zero attached hydrogens (tertiary/aromatic N) is 2. The van der Waals surface area contributed by atoms with Gasteiger partial charge in [0.2, 0.25) is 0 Å². The molecule has 0 saturated carbocycles. The first-order valence-corrected chi connectivity index (χ1v) is 9.06. The van der Waals surface area contributed by atoms with Crippen LogP contribution in [0.2, 0.25) is 0 Å². The molecule has 5 heteroatoms. The SMILES string of the molecule is CC(=O)Cn1c(=O)nc(-c2ccccc2)c2c3c(sc21)CCCC3. The van der Waals surface area contributed by atoms with Gasteiger partial charge in [-0.15, -0.1) is 11.3 Å². The molecule has 1 aliphatic carbocycles. The lowest BCUT2D eigenvalue weighted by molar-refractivity contribution is -0.117. The molecule has 0 aliphatic heterocycles. The molecule has 2 heterocycles. The predicted molar refractivity (Wildman–Crippen MR) is 96.6 cm³/mol. The Kier molecular flexibility index (Phi) is 3.81. The molecule has 24 heavy (non-hydrogen) atoms. The van der Waals surface area contributed by atoms with E-state index in [1.54, 1.807) is 15.9 Å². The van der Waals surface area contributed by atoms with Crippen LogP contribution >= 0.6 is 11.3 Å². The molecule has 0 amide bonds. The molecule has 0 saturated heterocycles. The van der Waals surface area contributed by atoms with Crippen molar-refractivity contribution in [2.75, 3.05) is 0 Å². The molecule has 1 aromatic carbocycles. The number of rotatable bonds is 3. The fraction of sp³-hybridized carbons (Fsp3) is 0.316. The number of aromatic nitrogens is 2. The fourth-order valence-corrected chi connectivity index (χ4v) is 4.83. The second-order valence-electron chi connectivity index (χ2n) is 6.29. The summed E-state index contributed by atoms with van der Waals surface area (Å²) in [6.45, 7) is 1.60. The van der Waals surface area contributed by atoms with Crippen molar-refractivity contribution in [3.63, 3.8) is 0 Å². The van der Waals surface area contributed by atoms with E-state index in [1.165, 1.54) is 30.2 Å².